The predicted molar refractivity (Wildman–Crippen MR) is 140 cm³/mol. The van der Waals surface area contributed by atoms with Gasteiger partial charge in [-0.2, -0.15) is 4.47 Å². The summed E-state index contributed by atoms with van der Waals surface area (Å²) in [5, 5.41) is 28.4. The van der Waals surface area contributed by atoms with E-state index in [4.69, 9.17) is 29.6 Å². The molecule has 0 aliphatic heterocycles. The molecule has 0 radical (unpaired) electrons. The molecule has 0 amide bonds. The SMILES string of the molecule is Cc1cccc(NC(=S)Nc2ccc(NC(=S)Nc3ccc(N(O)SN)cc3)cc2)c1. The fourth-order valence-electron chi connectivity index (χ4n) is 2.68. The van der Waals surface area contributed by atoms with E-state index in [0.717, 1.165) is 44.9 Å². The predicted octanol–water partition coefficient (Wildman–Crippen LogP) is 5.33. The number of hydrogen-bond donors (Lipinski definition) is 6. The van der Waals surface area contributed by atoms with Crippen molar-refractivity contribution in [2.24, 2.45) is 5.14 Å². The molecular formula is C21H22N6OS3. The Morgan fingerprint density at radius 1 is 0.774 bits per heavy atom. The smallest absolute Gasteiger partial charge is 0.175 e. The molecule has 0 bridgehead atoms. The first-order valence-corrected chi connectivity index (χ1v) is 10.9. The molecule has 0 aliphatic rings. The van der Waals surface area contributed by atoms with Crippen molar-refractivity contribution in [2.45, 2.75) is 6.92 Å². The molecule has 0 heterocycles. The lowest BCUT2D eigenvalue weighted by Gasteiger charge is -2.14. The molecule has 0 spiro atoms. The van der Waals surface area contributed by atoms with E-state index in [1.807, 2.05) is 55.5 Å². The molecule has 3 aromatic carbocycles. The summed E-state index contributed by atoms with van der Waals surface area (Å²) in [5.74, 6) is 0. The van der Waals surface area contributed by atoms with Gasteiger partial charge in [-0.25, -0.2) is 0 Å². The number of benzene rings is 3. The molecular weight excluding hydrogens is 448 g/mol. The number of nitrogens with two attached hydrogens (primary N) is 1. The van der Waals surface area contributed by atoms with Crippen LogP contribution in [0.4, 0.5) is 28.4 Å². The van der Waals surface area contributed by atoms with Crippen LogP contribution in [0.25, 0.3) is 0 Å². The fraction of sp³-hybridized carbons (Fsp3) is 0.0476. The standard InChI is InChI=1S/C21H22N6OS3/c1-14-3-2-4-18(13-14)26-21(30)24-16-7-5-15(6-8-16)23-20(29)25-17-9-11-19(12-10-17)27(28)31-22/h2-13,28H,22H2,1H3,(H2,23,25,29)(H2,24,26,30). The lowest BCUT2D eigenvalue weighted by Crippen LogP contribution is -2.20. The molecule has 0 fully saturated rings. The Kier molecular flexibility index (Phi) is 8.04. The molecule has 7 nitrogen and oxygen atoms in total. The maximum Gasteiger partial charge on any atom is 0.175 e. The van der Waals surface area contributed by atoms with Gasteiger partial charge in [0.15, 0.2) is 10.2 Å². The molecule has 10 heteroatoms. The summed E-state index contributed by atoms with van der Waals surface area (Å²) in [6.07, 6.45) is 0. The van der Waals surface area contributed by atoms with Crippen LogP contribution in [-0.2, 0) is 0 Å². The Balaban J connectivity index is 1.50. The van der Waals surface area contributed by atoms with Crippen LogP contribution in [0.3, 0.4) is 0 Å². The number of aryl methyl sites for hydroxylation is 1. The first-order chi connectivity index (χ1) is 14.9. The minimum Gasteiger partial charge on any atom is -0.332 e. The van der Waals surface area contributed by atoms with E-state index in [1.54, 1.807) is 24.3 Å². The minimum atomic E-state index is 0.444. The van der Waals surface area contributed by atoms with Crippen molar-refractivity contribution in [3.63, 3.8) is 0 Å². The Labute approximate surface area is 196 Å². The summed E-state index contributed by atoms with van der Waals surface area (Å²) in [6, 6.07) is 22.6. The average molecular weight is 471 g/mol. The van der Waals surface area contributed by atoms with Crippen LogP contribution in [0.15, 0.2) is 72.8 Å². The van der Waals surface area contributed by atoms with Crippen molar-refractivity contribution in [1.29, 1.82) is 0 Å². The van der Waals surface area contributed by atoms with E-state index < -0.39 is 0 Å². The van der Waals surface area contributed by atoms with Crippen LogP contribution in [0.2, 0.25) is 0 Å². The van der Waals surface area contributed by atoms with Gasteiger partial charge in [0.2, 0.25) is 0 Å². The molecule has 0 unspecified atom stereocenters. The van der Waals surface area contributed by atoms with Gasteiger partial charge in [-0.15, -0.1) is 0 Å². The zero-order valence-electron chi connectivity index (χ0n) is 16.6. The van der Waals surface area contributed by atoms with Crippen LogP contribution < -0.4 is 30.9 Å². The number of anilines is 5. The monoisotopic (exact) mass is 470 g/mol. The summed E-state index contributed by atoms with van der Waals surface area (Å²) < 4.78 is 0.873. The van der Waals surface area contributed by atoms with E-state index in [1.165, 1.54) is 0 Å². The van der Waals surface area contributed by atoms with Gasteiger partial charge in [0, 0.05) is 22.7 Å². The molecule has 160 valence electrons. The highest BCUT2D eigenvalue weighted by Crippen LogP contribution is 2.20. The zero-order chi connectivity index (χ0) is 22.2. The molecule has 0 aromatic heterocycles. The number of rotatable bonds is 6. The average Bonchev–Trinajstić information content (AvgIpc) is 2.75. The van der Waals surface area contributed by atoms with Gasteiger partial charge in [-0.1, -0.05) is 12.1 Å². The fourth-order valence-corrected chi connectivity index (χ4v) is 3.39. The summed E-state index contributed by atoms with van der Waals surface area (Å²) in [5.41, 5.74) is 5.13. The van der Waals surface area contributed by atoms with Gasteiger partial charge in [-0.3, -0.25) is 10.3 Å². The highest BCUT2D eigenvalue weighted by molar-refractivity contribution is 7.98. The van der Waals surface area contributed by atoms with Crippen LogP contribution in [-0.4, -0.2) is 15.4 Å². The maximum absolute atomic E-state index is 9.55. The van der Waals surface area contributed by atoms with Crippen molar-refractivity contribution >= 4 is 75.2 Å². The Morgan fingerprint density at radius 2 is 1.23 bits per heavy atom. The molecule has 0 saturated heterocycles. The summed E-state index contributed by atoms with van der Waals surface area (Å²) in [4.78, 5) is 0. The molecule has 7 N–H and O–H groups in total. The Hall–Kier alpha value is -2.89. The van der Waals surface area contributed by atoms with Crippen molar-refractivity contribution in [2.75, 3.05) is 25.7 Å². The van der Waals surface area contributed by atoms with E-state index in [0.29, 0.717) is 15.9 Å². The quantitative estimate of drug-likeness (QED) is 0.161. The minimum absolute atomic E-state index is 0.444. The Morgan fingerprint density at radius 3 is 1.68 bits per heavy atom. The highest BCUT2D eigenvalue weighted by atomic mass is 32.2. The second-order valence-corrected chi connectivity index (χ2v) is 7.90. The molecule has 3 aromatic rings. The van der Waals surface area contributed by atoms with Gasteiger partial charge in [-0.05, 0) is 97.6 Å². The van der Waals surface area contributed by atoms with Crippen molar-refractivity contribution in [3.8, 4) is 0 Å². The molecule has 3 rings (SSSR count). The third-order valence-corrected chi connectivity index (χ3v) is 4.94. The van der Waals surface area contributed by atoms with Crippen molar-refractivity contribution in [1.82, 2.24) is 0 Å². The number of hydrogen-bond acceptors (Lipinski definition) is 6. The lowest BCUT2D eigenvalue weighted by molar-refractivity contribution is 0.332. The summed E-state index contributed by atoms with van der Waals surface area (Å²) in [7, 11) is 0. The van der Waals surface area contributed by atoms with Gasteiger partial charge >= 0.3 is 0 Å². The highest BCUT2D eigenvalue weighted by Gasteiger charge is 2.04. The largest absolute Gasteiger partial charge is 0.332 e. The van der Waals surface area contributed by atoms with Crippen molar-refractivity contribution in [3.05, 3.63) is 78.4 Å². The first kappa shape index (κ1) is 22.8. The number of thiocarbonyl (C=S) groups is 2. The van der Waals surface area contributed by atoms with Gasteiger partial charge in [0.05, 0.1) is 17.8 Å². The summed E-state index contributed by atoms with van der Waals surface area (Å²) in [6.45, 7) is 2.03. The van der Waals surface area contributed by atoms with Crippen LogP contribution >= 0.6 is 36.6 Å². The zero-order valence-corrected chi connectivity index (χ0v) is 19.1. The maximum atomic E-state index is 9.55. The number of nitrogens with zero attached hydrogens (tertiary/aromatic N) is 1. The normalized spacial score (nSPS) is 10.2. The van der Waals surface area contributed by atoms with Crippen molar-refractivity contribution < 1.29 is 5.21 Å². The summed E-state index contributed by atoms with van der Waals surface area (Å²) >= 11 is 11.5. The Bertz CT molecular complexity index is 1040. The van der Waals surface area contributed by atoms with E-state index in [9.17, 15) is 5.21 Å². The van der Waals surface area contributed by atoms with Gasteiger partial charge < -0.3 is 21.3 Å². The van der Waals surface area contributed by atoms with E-state index in [-0.39, 0.29) is 0 Å². The van der Waals surface area contributed by atoms with E-state index >= 15 is 0 Å². The molecule has 0 saturated carbocycles. The molecule has 31 heavy (non-hydrogen) atoms. The second-order valence-electron chi connectivity index (χ2n) is 6.53. The third kappa shape index (κ3) is 7.09. The van der Waals surface area contributed by atoms with Crippen LogP contribution in [0.5, 0.6) is 0 Å². The van der Waals surface area contributed by atoms with Crippen LogP contribution in [0.1, 0.15) is 5.56 Å². The number of nitrogens with one attached hydrogen (secondary N) is 4. The topological polar surface area (TPSA) is 97.6 Å². The molecule has 0 aliphatic carbocycles. The van der Waals surface area contributed by atoms with E-state index in [2.05, 4.69) is 21.3 Å². The molecule has 0 atom stereocenters. The van der Waals surface area contributed by atoms with Crippen LogP contribution in [0, 0.1) is 6.92 Å². The van der Waals surface area contributed by atoms with Gasteiger partial charge in [0.25, 0.3) is 0 Å². The third-order valence-electron chi connectivity index (χ3n) is 4.12. The van der Waals surface area contributed by atoms with Gasteiger partial charge in [0.1, 0.15) is 0 Å². The second kappa shape index (κ2) is 10.9. The lowest BCUT2D eigenvalue weighted by atomic mass is 10.2. The first-order valence-electron chi connectivity index (χ1n) is 9.21.